The number of guanidine groups is 1. The molecule has 1 amide bonds. The molecule has 3 N–H and O–H groups in total. The molecule has 6 heteroatoms. The zero-order valence-corrected chi connectivity index (χ0v) is 16.6. The molecule has 6 nitrogen and oxygen atoms in total. The van der Waals surface area contributed by atoms with Crippen LogP contribution in [0.2, 0.25) is 0 Å². The maximum Gasteiger partial charge on any atom is 0.220 e. The van der Waals surface area contributed by atoms with Gasteiger partial charge in [0.15, 0.2) is 5.96 Å². The number of carbonyl (C=O) groups is 1. The van der Waals surface area contributed by atoms with Crippen LogP contribution in [-0.4, -0.2) is 55.5 Å². The number of aryl methyl sites for hydroxylation is 1. The summed E-state index contributed by atoms with van der Waals surface area (Å²) in [5.41, 5.74) is 3.86. The van der Waals surface area contributed by atoms with Crippen LogP contribution in [0.5, 0.6) is 0 Å². The summed E-state index contributed by atoms with van der Waals surface area (Å²) in [5, 5.41) is 7.57. The number of fused-ring (bicyclic) bond motifs is 1. The number of hydrogen-bond donors (Lipinski definition) is 3. The molecule has 0 atom stereocenters. The summed E-state index contributed by atoms with van der Waals surface area (Å²) in [6.45, 7) is 4.92. The van der Waals surface area contributed by atoms with E-state index in [9.17, 15) is 4.79 Å². The van der Waals surface area contributed by atoms with Crippen molar-refractivity contribution >= 4 is 22.8 Å². The monoisotopic (exact) mass is 369 g/mol. The first-order chi connectivity index (χ1) is 13.1. The van der Waals surface area contributed by atoms with Gasteiger partial charge in [-0.3, -0.25) is 9.79 Å². The molecule has 2 heterocycles. The second-order valence-electron chi connectivity index (χ2n) is 7.34. The molecule has 3 rings (SSSR count). The maximum atomic E-state index is 11.6. The van der Waals surface area contributed by atoms with E-state index in [4.69, 9.17) is 0 Å². The fraction of sp³-hybridized carbons (Fsp3) is 0.524. The highest BCUT2D eigenvalue weighted by atomic mass is 16.1. The van der Waals surface area contributed by atoms with Crippen molar-refractivity contribution in [2.24, 2.45) is 10.9 Å². The number of benzene rings is 1. The lowest BCUT2D eigenvalue weighted by molar-refractivity contribution is -0.121. The first-order valence-electron chi connectivity index (χ1n) is 9.84. The second kappa shape index (κ2) is 8.93. The Balaban J connectivity index is 1.50. The third kappa shape index (κ3) is 4.62. The zero-order valence-electron chi connectivity index (χ0n) is 16.6. The zero-order chi connectivity index (χ0) is 19.2. The lowest BCUT2D eigenvalue weighted by Gasteiger charge is -2.34. The normalized spacial score (nSPS) is 16.0. The predicted molar refractivity (Wildman–Crippen MR) is 111 cm³/mol. The summed E-state index contributed by atoms with van der Waals surface area (Å²) in [5.74, 6) is 1.59. The molecule has 0 unspecified atom stereocenters. The number of nitrogens with one attached hydrogen (secondary N) is 3. The third-order valence-corrected chi connectivity index (χ3v) is 5.55. The second-order valence-corrected chi connectivity index (χ2v) is 7.34. The van der Waals surface area contributed by atoms with Gasteiger partial charge >= 0.3 is 0 Å². The Kier molecular flexibility index (Phi) is 6.37. The molecular weight excluding hydrogens is 338 g/mol. The number of carbonyl (C=O) groups excluding carboxylic acids is 1. The van der Waals surface area contributed by atoms with E-state index in [1.807, 2.05) is 7.05 Å². The van der Waals surface area contributed by atoms with Crippen LogP contribution in [0, 0.1) is 12.8 Å². The molecule has 0 spiro atoms. The van der Waals surface area contributed by atoms with Gasteiger partial charge in [-0.15, -0.1) is 0 Å². The van der Waals surface area contributed by atoms with Crippen LogP contribution in [0.3, 0.4) is 0 Å². The summed E-state index contributed by atoms with van der Waals surface area (Å²) >= 11 is 0. The Labute approximate surface area is 161 Å². The number of aromatic nitrogens is 1. The van der Waals surface area contributed by atoms with Gasteiger partial charge in [0.25, 0.3) is 0 Å². The summed E-state index contributed by atoms with van der Waals surface area (Å²) in [6, 6.07) is 6.38. The molecule has 27 heavy (non-hydrogen) atoms. The summed E-state index contributed by atoms with van der Waals surface area (Å²) < 4.78 is 0. The molecule has 1 aromatic carbocycles. The van der Waals surface area contributed by atoms with Crippen molar-refractivity contribution in [3.63, 3.8) is 0 Å². The highest BCUT2D eigenvalue weighted by molar-refractivity contribution is 5.86. The molecule has 2 aromatic rings. The Bertz CT molecular complexity index is 802. The van der Waals surface area contributed by atoms with Gasteiger partial charge in [-0.2, -0.15) is 0 Å². The van der Waals surface area contributed by atoms with Gasteiger partial charge in [0.2, 0.25) is 5.91 Å². The van der Waals surface area contributed by atoms with E-state index in [1.165, 1.54) is 22.0 Å². The van der Waals surface area contributed by atoms with Gasteiger partial charge in [-0.1, -0.05) is 12.1 Å². The first-order valence-corrected chi connectivity index (χ1v) is 9.84. The number of rotatable bonds is 5. The van der Waals surface area contributed by atoms with Crippen molar-refractivity contribution in [1.29, 1.82) is 0 Å². The van der Waals surface area contributed by atoms with Gasteiger partial charge in [0.05, 0.1) is 0 Å². The lowest BCUT2D eigenvalue weighted by atomic mass is 9.93. The average Bonchev–Trinajstić information content (AvgIpc) is 3.10. The van der Waals surface area contributed by atoms with Crippen molar-refractivity contribution < 1.29 is 4.79 Å². The van der Waals surface area contributed by atoms with E-state index >= 15 is 0 Å². The highest BCUT2D eigenvalue weighted by Crippen LogP contribution is 2.22. The number of aliphatic imine (C=N–C) groups is 1. The molecule has 146 valence electrons. The van der Waals surface area contributed by atoms with Crippen LogP contribution in [0.4, 0.5) is 0 Å². The molecule has 0 saturated carbocycles. The van der Waals surface area contributed by atoms with Crippen LogP contribution >= 0.6 is 0 Å². The van der Waals surface area contributed by atoms with E-state index < -0.39 is 0 Å². The van der Waals surface area contributed by atoms with E-state index in [1.54, 1.807) is 7.05 Å². The fourth-order valence-electron chi connectivity index (χ4n) is 4.00. The quantitative estimate of drug-likeness (QED) is 0.560. The van der Waals surface area contributed by atoms with Gasteiger partial charge in [0, 0.05) is 57.3 Å². The molecule has 1 aliphatic heterocycles. The lowest BCUT2D eigenvalue weighted by Crippen LogP contribution is -2.46. The van der Waals surface area contributed by atoms with Gasteiger partial charge < -0.3 is 20.5 Å². The smallest absolute Gasteiger partial charge is 0.220 e. The van der Waals surface area contributed by atoms with Crippen molar-refractivity contribution in [3.05, 3.63) is 35.5 Å². The van der Waals surface area contributed by atoms with Crippen molar-refractivity contribution in [1.82, 2.24) is 20.5 Å². The molecular formula is C21H31N5O. The Hall–Kier alpha value is -2.50. The summed E-state index contributed by atoms with van der Waals surface area (Å²) in [7, 11) is 3.55. The molecule has 0 aliphatic carbocycles. The number of H-pyrrole nitrogens is 1. The molecule has 0 radical (unpaired) electrons. The summed E-state index contributed by atoms with van der Waals surface area (Å²) in [6.07, 6.45) is 5.78. The number of likely N-dealkylation sites (tertiary alicyclic amines) is 1. The molecule has 1 fully saturated rings. The molecule has 0 bridgehead atoms. The first kappa shape index (κ1) is 19.3. The van der Waals surface area contributed by atoms with E-state index in [0.717, 1.165) is 44.9 Å². The number of nitrogens with zero attached hydrogens (tertiary/aromatic N) is 2. The topological polar surface area (TPSA) is 72.5 Å². The third-order valence-electron chi connectivity index (χ3n) is 5.55. The number of hydrogen-bond acceptors (Lipinski definition) is 2. The van der Waals surface area contributed by atoms with Gasteiger partial charge in [-0.25, -0.2) is 0 Å². The van der Waals surface area contributed by atoms with Crippen LogP contribution in [0.25, 0.3) is 10.9 Å². The van der Waals surface area contributed by atoms with Crippen molar-refractivity contribution in [2.45, 2.75) is 32.6 Å². The van der Waals surface area contributed by atoms with Crippen LogP contribution in [0.15, 0.2) is 29.4 Å². The molecule has 1 aliphatic rings. The number of piperidine rings is 1. The summed E-state index contributed by atoms with van der Waals surface area (Å²) in [4.78, 5) is 21.7. The number of amides is 1. The minimum Gasteiger partial charge on any atom is -0.361 e. The average molecular weight is 370 g/mol. The van der Waals surface area contributed by atoms with Crippen LogP contribution in [-0.2, 0) is 11.2 Å². The Morgan fingerprint density at radius 2 is 2.11 bits per heavy atom. The Morgan fingerprint density at radius 1 is 1.33 bits per heavy atom. The SMILES string of the molecule is CN=C(NCCc1c[nH]c2cccc(C)c12)N1CCC(CC(=O)NC)CC1. The highest BCUT2D eigenvalue weighted by Gasteiger charge is 2.23. The van der Waals surface area contributed by atoms with E-state index in [0.29, 0.717) is 12.3 Å². The van der Waals surface area contributed by atoms with Crippen molar-refractivity contribution in [2.75, 3.05) is 33.7 Å². The largest absolute Gasteiger partial charge is 0.361 e. The van der Waals surface area contributed by atoms with E-state index in [2.05, 4.69) is 56.8 Å². The maximum absolute atomic E-state index is 11.6. The van der Waals surface area contributed by atoms with Crippen molar-refractivity contribution in [3.8, 4) is 0 Å². The van der Waals surface area contributed by atoms with Crippen LogP contribution < -0.4 is 10.6 Å². The minimum absolute atomic E-state index is 0.143. The fourth-order valence-corrected chi connectivity index (χ4v) is 4.00. The van der Waals surface area contributed by atoms with Gasteiger partial charge in [0.1, 0.15) is 0 Å². The van der Waals surface area contributed by atoms with Crippen LogP contribution in [0.1, 0.15) is 30.4 Å². The number of aromatic amines is 1. The minimum atomic E-state index is 0.143. The van der Waals surface area contributed by atoms with Gasteiger partial charge in [-0.05, 0) is 49.3 Å². The molecule has 1 aromatic heterocycles. The Morgan fingerprint density at radius 3 is 2.81 bits per heavy atom. The molecule has 1 saturated heterocycles. The van der Waals surface area contributed by atoms with E-state index in [-0.39, 0.29) is 5.91 Å². The standard InChI is InChI=1S/C21H31N5O/c1-15-5-4-6-18-20(15)17(14-25-18)7-10-24-21(23-3)26-11-8-16(9-12-26)13-19(27)22-2/h4-6,14,16,25H,7-13H2,1-3H3,(H,22,27)(H,23,24). The predicted octanol–water partition coefficient (Wildman–Crippen LogP) is 2.44.